The summed E-state index contributed by atoms with van der Waals surface area (Å²) in [4.78, 5) is 44.0. The topological polar surface area (TPSA) is 91.4 Å². The molecule has 2 aliphatic rings. The summed E-state index contributed by atoms with van der Waals surface area (Å²) >= 11 is 1.41. The maximum absolute atomic E-state index is 13.0. The molecule has 1 saturated heterocycles. The zero-order chi connectivity index (χ0) is 22.9. The molecule has 2 atom stereocenters. The van der Waals surface area contributed by atoms with Crippen LogP contribution in [0.2, 0.25) is 0 Å². The van der Waals surface area contributed by atoms with E-state index in [0.29, 0.717) is 29.2 Å². The Morgan fingerprint density at radius 2 is 1.82 bits per heavy atom. The van der Waals surface area contributed by atoms with Crippen LogP contribution in [0.1, 0.15) is 28.9 Å². The van der Waals surface area contributed by atoms with Gasteiger partial charge in [0.1, 0.15) is 0 Å². The fourth-order valence-corrected chi connectivity index (χ4v) is 5.21. The molecular weight excluding hydrogens is 436 g/mol. The van der Waals surface area contributed by atoms with E-state index >= 15 is 0 Å². The van der Waals surface area contributed by atoms with Crippen LogP contribution in [0.4, 0.5) is 10.8 Å². The van der Waals surface area contributed by atoms with Crippen LogP contribution in [0.15, 0.2) is 66.7 Å². The first-order valence-electron chi connectivity index (χ1n) is 10.7. The zero-order valence-corrected chi connectivity index (χ0v) is 18.8. The lowest BCUT2D eigenvalue weighted by atomic mass is 9.80. The Kier molecular flexibility index (Phi) is 5.51. The van der Waals surface area contributed by atoms with Crippen molar-refractivity contribution in [3.63, 3.8) is 0 Å². The van der Waals surface area contributed by atoms with Crippen molar-refractivity contribution in [2.45, 2.75) is 19.8 Å². The number of benzene rings is 2. The third-order valence-electron chi connectivity index (χ3n) is 5.95. The Bertz CT molecular complexity index is 1270. The third kappa shape index (κ3) is 4.05. The van der Waals surface area contributed by atoms with E-state index in [-0.39, 0.29) is 29.6 Å². The molecule has 33 heavy (non-hydrogen) atoms. The smallest absolute Gasteiger partial charge is 0.257 e. The summed E-state index contributed by atoms with van der Waals surface area (Å²) in [5.41, 5.74) is 5.41. The number of carbonyl (C=O) groups excluding carboxylic acids is 3. The third-order valence-corrected chi connectivity index (χ3v) is 7.07. The minimum Gasteiger partial charge on any atom is -0.298 e. The van der Waals surface area contributed by atoms with Crippen molar-refractivity contribution < 1.29 is 14.4 Å². The average molecular weight is 459 g/mol. The van der Waals surface area contributed by atoms with Crippen molar-refractivity contribution in [2.75, 3.05) is 10.3 Å². The molecule has 1 aliphatic heterocycles. The van der Waals surface area contributed by atoms with E-state index in [4.69, 9.17) is 0 Å². The normalized spacial score (nSPS) is 19.7. The van der Waals surface area contributed by atoms with E-state index in [2.05, 4.69) is 15.7 Å². The quantitative estimate of drug-likeness (QED) is 0.570. The van der Waals surface area contributed by atoms with Gasteiger partial charge >= 0.3 is 0 Å². The Morgan fingerprint density at radius 3 is 2.61 bits per heavy atom. The number of nitrogens with one attached hydrogen (secondary N) is 2. The fourth-order valence-electron chi connectivity index (χ4n) is 4.25. The highest BCUT2D eigenvalue weighted by Crippen LogP contribution is 2.34. The number of carbonyl (C=O) groups is 3. The average Bonchev–Trinajstić information content (AvgIpc) is 3.21. The Labute approximate surface area is 195 Å². The van der Waals surface area contributed by atoms with Crippen LogP contribution in [0.25, 0.3) is 10.4 Å². The number of thiazole rings is 1. The monoisotopic (exact) mass is 458 g/mol. The standard InChI is InChI=1S/C25H22N4O3S/c1-15-21(16-8-3-2-4-9-16)33-25(26-15)27-22(30)17-10-7-11-18(14-17)29-24(32)20-13-6-5-12-19(20)23(31)28-29/h2-11,14,19-20H,12-13H2,1H3,(H,28,31)(H,26,27,30). The number of hydrazine groups is 1. The van der Waals surface area contributed by atoms with E-state index in [1.165, 1.54) is 16.3 Å². The highest BCUT2D eigenvalue weighted by molar-refractivity contribution is 7.19. The first kappa shape index (κ1) is 21.1. The van der Waals surface area contributed by atoms with Gasteiger partial charge in [0.2, 0.25) is 11.8 Å². The van der Waals surface area contributed by atoms with Gasteiger partial charge in [-0.05, 0) is 43.5 Å². The minimum atomic E-state index is -0.379. The number of fused-ring (bicyclic) bond motifs is 1. The van der Waals surface area contributed by atoms with E-state index in [9.17, 15) is 14.4 Å². The maximum Gasteiger partial charge on any atom is 0.257 e. The molecule has 2 heterocycles. The summed E-state index contributed by atoms with van der Waals surface area (Å²) in [6.45, 7) is 1.91. The van der Waals surface area contributed by atoms with Crippen molar-refractivity contribution in [3.05, 3.63) is 78.0 Å². The molecule has 7 nitrogen and oxygen atoms in total. The summed E-state index contributed by atoms with van der Waals surface area (Å²) in [7, 11) is 0. The molecule has 1 fully saturated rings. The van der Waals surface area contributed by atoms with Gasteiger partial charge in [-0.2, -0.15) is 0 Å². The van der Waals surface area contributed by atoms with E-state index in [1.807, 2.05) is 49.4 Å². The van der Waals surface area contributed by atoms with Crippen LogP contribution in [-0.2, 0) is 9.59 Å². The first-order valence-corrected chi connectivity index (χ1v) is 11.6. The highest BCUT2D eigenvalue weighted by atomic mass is 32.1. The largest absolute Gasteiger partial charge is 0.298 e. The van der Waals surface area contributed by atoms with Gasteiger partial charge < -0.3 is 0 Å². The first-order chi connectivity index (χ1) is 16.0. The number of aryl methyl sites for hydroxylation is 1. The summed E-state index contributed by atoms with van der Waals surface area (Å²) in [6, 6.07) is 16.6. The van der Waals surface area contributed by atoms with Gasteiger partial charge in [-0.3, -0.25) is 25.1 Å². The number of anilines is 2. The second-order valence-corrected chi connectivity index (χ2v) is 9.11. The molecule has 2 N–H and O–H groups in total. The van der Waals surface area contributed by atoms with Gasteiger partial charge in [-0.1, -0.05) is 59.9 Å². The van der Waals surface area contributed by atoms with Crippen molar-refractivity contribution in [3.8, 4) is 10.4 Å². The molecule has 1 aliphatic carbocycles. The molecule has 2 unspecified atom stereocenters. The molecular formula is C25H22N4O3S. The predicted molar refractivity (Wildman–Crippen MR) is 128 cm³/mol. The lowest BCUT2D eigenvalue weighted by molar-refractivity contribution is -0.139. The van der Waals surface area contributed by atoms with Gasteiger partial charge in [0.05, 0.1) is 28.1 Å². The summed E-state index contributed by atoms with van der Waals surface area (Å²) in [5, 5.41) is 4.62. The van der Waals surface area contributed by atoms with Gasteiger partial charge in [0.25, 0.3) is 5.91 Å². The van der Waals surface area contributed by atoms with Gasteiger partial charge in [-0.25, -0.2) is 9.99 Å². The number of amides is 3. The van der Waals surface area contributed by atoms with Crippen molar-refractivity contribution in [2.24, 2.45) is 11.8 Å². The number of rotatable bonds is 4. The van der Waals surface area contributed by atoms with Crippen molar-refractivity contribution in [1.82, 2.24) is 10.4 Å². The van der Waals surface area contributed by atoms with Gasteiger partial charge in [0, 0.05) is 5.56 Å². The molecule has 2 aromatic carbocycles. The number of nitrogens with zero attached hydrogens (tertiary/aromatic N) is 2. The Balaban J connectivity index is 1.35. The summed E-state index contributed by atoms with van der Waals surface area (Å²) in [6.07, 6.45) is 5.00. The highest BCUT2D eigenvalue weighted by Gasteiger charge is 2.42. The van der Waals surface area contributed by atoms with Crippen LogP contribution >= 0.6 is 11.3 Å². The van der Waals surface area contributed by atoms with E-state index in [1.54, 1.807) is 24.3 Å². The van der Waals surface area contributed by atoms with Crippen molar-refractivity contribution >= 4 is 39.9 Å². The SMILES string of the molecule is Cc1nc(NC(=O)c2cccc(N3NC(=O)C4CC=CCC4C3=O)c2)sc1-c1ccccc1. The van der Waals surface area contributed by atoms with E-state index in [0.717, 1.165) is 16.1 Å². The fraction of sp³-hybridized carbons (Fsp3) is 0.200. The van der Waals surface area contributed by atoms with Crippen LogP contribution < -0.4 is 15.8 Å². The molecule has 3 aromatic rings. The molecule has 0 saturated carbocycles. The van der Waals surface area contributed by atoms with Gasteiger partial charge in [0.15, 0.2) is 5.13 Å². The van der Waals surface area contributed by atoms with Crippen LogP contribution in [0.3, 0.4) is 0 Å². The summed E-state index contributed by atoms with van der Waals surface area (Å²) < 4.78 is 0. The second-order valence-electron chi connectivity index (χ2n) is 8.11. The predicted octanol–water partition coefficient (Wildman–Crippen LogP) is 4.33. The Morgan fingerprint density at radius 1 is 1.06 bits per heavy atom. The molecule has 1 aromatic heterocycles. The number of allylic oxidation sites excluding steroid dienone is 2. The number of hydrogen-bond acceptors (Lipinski definition) is 5. The van der Waals surface area contributed by atoms with Gasteiger partial charge in [-0.15, -0.1) is 0 Å². The molecule has 3 amide bonds. The van der Waals surface area contributed by atoms with Crippen LogP contribution in [0.5, 0.6) is 0 Å². The Hall–Kier alpha value is -3.78. The van der Waals surface area contributed by atoms with Crippen LogP contribution in [0, 0.1) is 18.8 Å². The van der Waals surface area contributed by atoms with E-state index < -0.39 is 0 Å². The second kappa shape index (κ2) is 8.63. The maximum atomic E-state index is 13.0. The molecule has 0 radical (unpaired) electrons. The van der Waals surface area contributed by atoms with Crippen LogP contribution in [-0.4, -0.2) is 22.7 Å². The lowest BCUT2D eigenvalue weighted by Crippen LogP contribution is -2.59. The van der Waals surface area contributed by atoms with Crippen molar-refractivity contribution in [1.29, 1.82) is 0 Å². The molecule has 5 rings (SSSR count). The molecule has 0 bridgehead atoms. The molecule has 0 spiro atoms. The number of aromatic nitrogens is 1. The minimum absolute atomic E-state index is 0.162. The summed E-state index contributed by atoms with van der Waals surface area (Å²) in [5.74, 6) is -1.39. The molecule has 8 heteroatoms. The number of hydrogen-bond donors (Lipinski definition) is 2. The lowest BCUT2D eigenvalue weighted by Gasteiger charge is -2.38. The molecule has 166 valence electrons. The zero-order valence-electron chi connectivity index (χ0n) is 17.9.